The molecule has 0 radical (unpaired) electrons. The molecule has 3 aromatic rings. The molecule has 0 bridgehead atoms. The van der Waals surface area contributed by atoms with Gasteiger partial charge in [0.2, 0.25) is 0 Å². The molecule has 3 aromatic carbocycles. The molecule has 0 fully saturated rings. The zero-order chi connectivity index (χ0) is 39.1. The number of amides is 2. The minimum absolute atomic E-state index is 0.123. The molecular weight excluding hydrogens is 697 g/mol. The molecule has 2 amide bonds. The molecule has 284 valence electrons. The maximum absolute atomic E-state index is 12.3. The molecule has 1 atom stereocenters. The lowest BCUT2D eigenvalue weighted by Crippen LogP contribution is -2.51. The third-order valence-electron chi connectivity index (χ3n) is 7.85. The van der Waals surface area contributed by atoms with Gasteiger partial charge < -0.3 is 33.8 Å². The number of hydrogen-bond donors (Lipinski definition) is 3. The van der Waals surface area contributed by atoms with Crippen LogP contribution in [0.2, 0.25) is 5.04 Å². The zero-order valence-electron chi connectivity index (χ0n) is 31.4. The second-order valence-corrected chi connectivity index (χ2v) is 16.7. The third-order valence-corrected chi connectivity index (χ3v) is 9.58. The monoisotopic (exact) mass is 746 g/mol. The molecule has 53 heavy (non-hydrogen) atoms. The van der Waals surface area contributed by atoms with Crippen LogP contribution < -0.4 is 10.6 Å². The van der Waals surface area contributed by atoms with Gasteiger partial charge in [-0.25, -0.2) is 19.2 Å². The Hall–Kier alpha value is -5.24. The maximum atomic E-state index is 12.3. The summed E-state index contributed by atoms with van der Waals surface area (Å²) >= 11 is 0. The van der Waals surface area contributed by atoms with Crippen LogP contribution >= 0.6 is 0 Å². The molecule has 12 nitrogen and oxygen atoms in total. The molecule has 0 aliphatic heterocycles. The average molecular weight is 747 g/mol. The predicted octanol–water partition coefficient (Wildman–Crippen LogP) is 6.48. The van der Waals surface area contributed by atoms with Crippen molar-refractivity contribution in [2.75, 3.05) is 26.1 Å². The Morgan fingerprint density at radius 3 is 1.89 bits per heavy atom. The van der Waals surface area contributed by atoms with E-state index in [0.29, 0.717) is 17.7 Å². The van der Waals surface area contributed by atoms with Crippen LogP contribution in [-0.4, -0.2) is 65.4 Å². The van der Waals surface area contributed by atoms with Gasteiger partial charge in [-0.3, -0.25) is 5.32 Å². The zero-order valence-corrected chi connectivity index (χ0v) is 32.8. The van der Waals surface area contributed by atoms with Gasteiger partial charge in [0.15, 0.2) is 9.76 Å². The molecule has 13 heteroatoms. The average Bonchev–Trinajstić information content (AvgIpc) is 3.15. The summed E-state index contributed by atoms with van der Waals surface area (Å²) in [6.07, 6.45) is 3.86. The Kier molecular flexibility index (Phi) is 15.6. The first-order valence-electron chi connectivity index (χ1n) is 17.0. The summed E-state index contributed by atoms with van der Waals surface area (Å²) in [6.45, 7) is 10.3. The summed E-state index contributed by atoms with van der Waals surface area (Å²) < 4.78 is 26.2. The third kappa shape index (κ3) is 14.0. The normalized spacial score (nSPS) is 15.4. The van der Waals surface area contributed by atoms with Crippen LogP contribution in [0.3, 0.4) is 0 Å². The Labute approximate surface area is 313 Å². The number of methoxy groups -OCH3 is 2. The minimum Gasteiger partial charge on any atom is -0.465 e. The number of anilines is 1. The van der Waals surface area contributed by atoms with Crippen molar-refractivity contribution in [1.29, 1.82) is 0 Å². The second kappa shape index (κ2) is 19.6. The number of rotatable bonds is 12. The molecule has 0 heterocycles. The lowest BCUT2D eigenvalue weighted by Gasteiger charge is -2.31. The van der Waals surface area contributed by atoms with Crippen molar-refractivity contribution >= 4 is 39.6 Å². The topological polar surface area (TPSA) is 159 Å². The van der Waals surface area contributed by atoms with Crippen LogP contribution in [-0.2, 0) is 47.0 Å². The van der Waals surface area contributed by atoms with Gasteiger partial charge in [-0.15, -0.1) is 0 Å². The number of benzene rings is 3. The van der Waals surface area contributed by atoms with Gasteiger partial charge in [0, 0.05) is 5.69 Å². The molecule has 1 aliphatic carbocycles. The highest BCUT2D eigenvalue weighted by Gasteiger charge is 2.32. The van der Waals surface area contributed by atoms with Crippen LogP contribution in [0.15, 0.2) is 103 Å². The number of aliphatic hydroxyl groups is 1. The highest BCUT2D eigenvalue weighted by Crippen LogP contribution is 2.32. The summed E-state index contributed by atoms with van der Waals surface area (Å²) in [5.74, 6) is -1.01. The quantitative estimate of drug-likeness (QED) is 0.106. The number of aliphatic hydroxyl groups excluding tert-OH is 1. The summed E-state index contributed by atoms with van der Waals surface area (Å²) in [6, 6.07) is 23.8. The van der Waals surface area contributed by atoms with Gasteiger partial charge in [-0.05, 0) is 66.3 Å². The van der Waals surface area contributed by atoms with Crippen molar-refractivity contribution in [3.05, 3.63) is 125 Å². The number of carbonyl (C=O) groups excluding carboxylic acids is 4. The fourth-order valence-corrected chi connectivity index (χ4v) is 5.85. The van der Waals surface area contributed by atoms with E-state index >= 15 is 0 Å². The summed E-state index contributed by atoms with van der Waals surface area (Å²) in [5.41, 5.74) is 1.88. The second-order valence-electron chi connectivity index (χ2n) is 14.0. The van der Waals surface area contributed by atoms with Gasteiger partial charge in [0.25, 0.3) is 0 Å². The fraction of sp³-hybridized carbons (Fsp3) is 0.350. The van der Waals surface area contributed by atoms with Crippen molar-refractivity contribution in [2.24, 2.45) is 0 Å². The van der Waals surface area contributed by atoms with E-state index in [1.54, 1.807) is 30.4 Å². The Bertz CT molecular complexity index is 1750. The van der Waals surface area contributed by atoms with Gasteiger partial charge >= 0.3 is 24.1 Å². The van der Waals surface area contributed by atoms with E-state index in [4.69, 9.17) is 18.6 Å². The van der Waals surface area contributed by atoms with Crippen molar-refractivity contribution in [3.8, 4) is 0 Å². The van der Waals surface area contributed by atoms with Gasteiger partial charge in [0.1, 0.15) is 13.2 Å². The molecule has 1 aliphatic rings. The van der Waals surface area contributed by atoms with E-state index < -0.39 is 45.0 Å². The molecular formula is C40H50N2O10Si. The number of hydrogen-bond acceptors (Lipinski definition) is 10. The lowest BCUT2D eigenvalue weighted by molar-refractivity contribution is -0.135. The maximum Gasteiger partial charge on any atom is 0.411 e. The van der Waals surface area contributed by atoms with E-state index in [1.165, 1.54) is 20.3 Å². The molecule has 0 saturated carbocycles. The molecule has 3 N–H and O–H groups in total. The van der Waals surface area contributed by atoms with E-state index in [1.807, 2.05) is 74.5 Å². The van der Waals surface area contributed by atoms with Crippen molar-refractivity contribution in [1.82, 2.24) is 5.32 Å². The predicted molar refractivity (Wildman–Crippen MR) is 204 cm³/mol. The largest absolute Gasteiger partial charge is 0.465 e. The Morgan fingerprint density at radius 1 is 0.792 bits per heavy atom. The fourth-order valence-electron chi connectivity index (χ4n) is 4.89. The minimum atomic E-state index is -1.08. The summed E-state index contributed by atoms with van der Waals surface area (Å²) in [7, 11) is 1.76. The first-order chi connectivity index (χ1) is 25.1. The van der Waals surface area contributed by atoms with Crippen molar-refractivity contribution in [3.63, 3.8) is 0 Å². The lowest BCUT2D eigenvalue weighted by atomic mass is 9.89. The van der Waals surface area contributed by atoms with E-state index in [-0.39, 0.29) is 30.4 Å². The van der Waals surface area contributed by atoms with Crippen molar-refractivity contribution < 1.29 is 47.7 Å². The highest BCUT2D eigenvalue weighted by molar-refractivity contribution is 6.31. The number of esters is 2. The van der Waals surface area contributed by atoms with Crippen LogP contribution in [0.5, 0.6) is 0 Å². The van der Waals surface area contributed by atoms with Gasteiger partial charge in [-0.2, -0.15) is 0 Å². The number of alkyl carbamates (subject to hydrolysis) is 1. The number of nitrogens with one attached hydrogen (secondary N) is 2. The van der Waals surface area contributed by atoms with Crippen LogP contribution in [0.1, 0.15) is 68.1 Å². The standard InChI is InChI=1S/C23H31NO5Si.C17H19NO5/c1-22(2,3)30-29-23(4,5)18-12-17(20(25)27-6)13-19(14-18)24-21(26)28-15-16-10-8-7-9-11-16;1-22-15(20)14-8-5-9-17(10-14,12-19)18-16(21)23-11-13-6-3-2-4-7-13/h7-14H,15,30H2,1-6H3,(H,24,26);2-8,10,19H,9,11-12H2,1H3,(H,18,21). The van der Waals surface area contributed by atoms with Crippen LogP contribution in [0, 0.1) is 0 Å². The van der Waals surface area contributed by atoms with Crippen LogP contribution in [0.4, 0.5) is 15.3 Å². The first-order valence-corrected chi connectivity index (χ1v) is 18.3. The highest BCUT2D eigenvalue weighted by atomic mass is 28.2. The van der Waals surface area contributed by atoms with Crippen molar-refractivity contribution in [2.45, 2.75) is 70.4 Å². The number of ether oxygens (including phenoxy) is 4. The summed E-state index contributed by atoms with van der Waals surface area (Å²) in [4.78, 5) is 48.0. The van der Waals surface area contributed by atoms with Crippen LogP contribution in [0.25, 0.3) is 0 Å². The smallest absolute Gasteiger partial charge is 0.411 e. The molecule has 0 saturated heterocycles. The Balaban J connectivity index is 0.000000295. The van der Waals surface area contributed by atoms with E-state index in [9.17, 15) is 24.3 Å². The molecule has 0 aromatic heterocycles. The van der Waals surface area contributed by atoms with Gasteiger partial charge in [-0.1, -0.05) is 93.6 Å². The number of carbonyl (C=O) groups is 4. The SMILES string of the molecule is COC(=O)C1=CC(CO)(NC(=O)OCc2ccccc2)CC=C1.COC(=O)c1cc(NC(=O)OCc2ccccc2)cc(C(C)(C)O[SiH2]C(C)(C)C)c1. The van der Waals surface area contributed by atoms with E-state index in [2.05, 4.69) is 36.1 Å². The first kappa shape index (κ1) is 42.2. The van der Waals surface area contributed by atoms with Gasteiger partial charge in [0.05, 0.1) is 43.1 Å². The summed E-state index contributed by atoms with van der Waals surface area (Å²) in [5, 5.41) is 15.1. The molecule has 1 unspecified atom stereocenters. The molecule has 0 spiro atoms. The molecule has 4 rings (SSSR count). The van der Waals surface area contributed by atoms with E-state index in [0.717, 1.165) is 16.7 Å². The Morgan fingerprint density at radius 2 is 1.36 bits per heavy atom.